The molecule has 0 aliphatic carbocycles. The summed E-state index contributed by atoms with van der Waals surface area (Å²) in [5.74, 6) is 0.841. The van der Waals surface area contributed by atoms with Gasteiger partial charge < -0.3 is 15.4 Å². The lowest BCUT2D eigenvalue weighted by Crippen LogP contribution is -2.47. The third kappa shape index (κ3) is 4.48. The Balaban J connectivity index is 1.72. The fourth-order valence-electron chi connectivity index (χ4n) is 2.29. The van der Waals surface area contributed by atoms with Crippen LogP contribution in [0.3, 0.4) is 0 Å². The molecule has 1 saturated heterocycles. The molecule has 1 aromatic rings. The van der Waals surface area contributed by atoms with Crippen molar-refractivity contribution in [3.8, 4) is 5.75 Å². The summed E-state index contributed by atoms with van der Waals surface area (Å²) in [6.45, 7) is 4.92. The lowest BCUT2D eigenvalue weighted by Gasteiger charge is -2.23. The van der Waals surface area contributed by atoms with Gasteiger partial charge in [-0.25, -0.2) is 0 Å². The molecule has 0 aromatic heterocycles. The van der Waals surface area contributed by atoms with Crippen molar-refractivity contribution in [3.05, 3.63) is 29.3 Å². The molecule has 5 heteroatoms. The zero-order chi connectivity index (χ0) is 15.2. The van der Waals surface area contributed by atoms with Gasteiger partial charge in [0.05, 0.1) is 13.0 Å². The fourth-order valence-corrected chi connectivity index (χ4v) is 2.29. The number of piperidine rings is 1. The van der Waals surface area contributed by atoms with E-state index in [0.717, 1.165) is 11.3 Å². The highest BCUT2D eigenvalue weighted by Crippen LogP contribution is 2.20. The van der Waals surface area contributed by atoms with E-state index in [2.05, 4.69) is 10.6 Å². The first kappa shape index (κ1) is 15.4. The van der Waals surface area contributed by atoms with Crippen molar-refractivity contribution in [2.45, 2.75) is 39.2 Å². The summed E-state index contributed by atoms with van der Waals surface area (Å²) in [6.07, 6.45) is 1.50. The summed E-state index contributed by atoms with van der Waals surface area (Å²) in [7, 11) is 0. The summed E-state index contributed by atoms with van der Waals surface area (Å²) < 4.78 is 5.66. The minimum atomic E-state index is -0.0403. The van der Waals surface area contributed by atoms with Gasteiger partial charge in [-0.1, -0.05) is 12.1 Å². The number of aryl methyl sites for hydroxylation is 1. The topological polar surface area (TPSA) is 67.4 Å². The number of hydrogen-bond acceptors (Lipinski definition) is 3. The molecule has 0 radical (unpaired) electrons. The molecule has 5 nitrogen and oxygen atoms in total. The maximum absolute atomic E-state index is 11.8. The Morgan fingerprint density at radius 2 is 2.24 bits per heavy atom. The van der Waals surface area contributed by atoms with Gasteiger partial charge in [-0.05, 0) is 37.5 Å². The molecule has 1 fully saturated rings. The van der Waals surface area contributed by atoms with Crippen LogP contribution in [-0.2, 0) is 9.59 Å². The van der Waals surface area contributed by atoms with Crippen LogP contribution < -0.4 is 15.4 Å². The smallest absolute Gasteiger partial charge is 0.223 e. The molecular weight excluding hydrogens is 268 g/mol. The number of hydrogen-bond donors (Lipinski definition) is 2. The third-order valence-corrected chi connectivity index (χ3v) is 3.77. The highest BCUT2D eigenvalue weighted by Gasteiger charge is 2.19. The minimum Gasteiger partial charge on any atom is -0.493 e. The van der Waals surface area contributed by atoms with E-state index in [4.69, 9.17) is 4.74 Å². The van der Waals surface area contributed by atoms with E-state index in [1.54, 1.807) is 0 Å². The van der Waals surface area contributed by atoms with Crippen LogP contribution in [0.2, 0.25) is 0 Å². The van der Waals surface area contributed by atoms with E-state index in [-0.39, 0.29) is 17.9 Å². The number of benzene rings is 1. The van der Waals surface area contributed by atoms with Gasteiger partial charge in [0, 0.05) is 19.0 Å². The normalized spacial score (nSPS) is 18.0. The van der Waals surface area contributed by atoms with Crippen molar-refractivity contribution in [1.82, 2.24) is 10.6 Å². The summed E-state index contributed by atoms with van der Waals surface area (Å²) in [4.78, 5) is 22.9. The Hall–Kier alpha value is -2.04. The zero-order valence-electron chi connectivity index (χ0n) is 12.6. The second kappa shape index (κ2) is 7.11. The van der Waals surface area contributed by atoms with E-state index in [9.17, 15) is 9.59 Å². The molecule has 1 atom stereocenters. The van der Waals surface area contributed by atoms with Gasteiger partial charge in [0.1, 0.15) is 5.75 Å². The molecule has 0 bridgehead atoms. The van der Waals surface area contributed by atoms with Gasteiger partial charge in [-0.3, -0.25) is 9.59 Å². The van der Waals surface area contributed by atoms with E-state index in [0.29, 0.717) is 32.4 Å². The molecule has 1 heterocycles. The molecule has 0 saturated carbocycles. The molecule has 1 aliphatic rings. The van der Waals surface area contributed by atoms with Crippen LogP contribution in [0.4, 0.5) is 0 Å². The first-order valence-electron chi connectivity index (χ1n) is 7.31. The van der Waals surface area contributed by atoms with Crippen molar-refractivity contribution in [2.75, 3.05) is 13.2 Å². The van der Waals surface area contributed by atoms with Crippen molar-refractivity contribution < 1.29 is 14.3 Å². The number of carbonyl (C=O) groups excluding carboxylic acids is 2. The summed E-state index contributed by atoms with van der Waals surface area (Å²) in [5, 5.41) is 5.67. The molecule has 2 N–H and O–H groups in total. The van der Waals surface area contributed by atoms with Crippen molar-refractivity contribution in [1.29, 1.82) is 0 Å². The second-order valence-electron chi connectivity index (χ2n) is 5.40. The molecule has 1 aromatic carbocycles. The Morgan fingerprint density at radius 1 is 1.43 bits per heavy atom. The number of nitrogens with one attached hydrogen (secondary N) is 2. The minimum absolute atomic E-state index is 0.0379. The molecular formula is C16H22N2O3. The predicted molar refractivity (Wildman–Crippen MR) is 80.2 cm³/mol. The fraction of sp³-hybridized carbons (Fsp3) is 0.500. The monoisotopic (exact) mass is 290 g/mol. The number of amides is 2. The van der Waals surface area contributed by atoms with Gasteiger partial charge in [-0.2, -0.15) is 0 Å². The number of ether oxygens (including phenoxy) is 1. The van der Waals surface area contributed by atoms with Gasteiger partial charge in [0.15, 0.2) is 0 Å². The maximum atomic E-state index is 11.8. The van der Waals surface area contributed by atoms with E-state index >= 15 is 0 Å². The van der Waals surface area contributed by atoms with Crippen LogP contribution in [0.25, 0.3) is 0 Å². The van der Waals surface area contributed by atoms with Gasteiger partial charge >= 0.3 is 0 Å². The number of carbonyl (C=O) groups is 2. The SMILES string of the molecule is Cc1cccc(OCCC(=O)NC2CCC(=O)NC2)c1C. The standard InChI is InChI=1S/C16H22N2O3/c1-11-4-3-5-14(12(11)2)21-9-8-16(20)18-13-6-7-15(19)17-10-13/h3-5,13H,6-10H2,1-2H3,(H,17,19)(H,18,20). The van der Waals surface area contributed by atoms with Crippen molar-refractivity contribution >= 4 is 11.8 Å². The lowest BCUT2D eigenvalue weighted by atomic mass is 10.1. The summed E-state index contributed by atoms with van der Waals surface area (Å²) in [6, 6.07) is 5.93. The molecule has 1 unspecified atom stereocenters. The molecule has 21 heavy (non-hydrogen) atoms. The average molecular weight is 290 g/mol. The Bertz CT molecular complexity index is 518. The first-order chi connectivity index (χ1) is 10.1. The van der Waals surface area contributed by atoms with Crippen LogP contribution in [0, 0.1) is 13.8 Å². The third-order valence-electron chi connectivity index (χ3n) is 3.77. The summed E-state index contributed by atoms with van der Waals surface area (Å²) >= 11 is 0. The first-order valence-corrected chi connectivity index (χ1v) is 7.31. The highest BCUT2D eigenvalue weighted by atomic mass is 16.5. The molecule has 0 spiro atoms. The number of rotatable bonds is 5. The molecule has 2 amide bonds. The van der Waals surface area contributed by atoms with Crippen LogP contribution >= 0.6 is 0 Å². The average Bonchev–Trinajstić information content (AvgIpc) is 2.46. The van der Waals surface area contributed by atoms with Crippen LogP contribution in [0.5, 0.6) is 5.75 Å². The second-order valence-corrected chi connectivity index (χ2v) is 5.40. The van der Waals surface area contributed by atoms with E-state index in [1.165, 1.54) is 5.56 Å². The zero-order valence-corrected chi connectivity index (χ0v) is 12.6. The van der Waals surface area contributed by atoms with E-state index in [1.807, 2.05) is 32.0 Å². The van der Waals surface area contributed by atoms with Gasteiger partial charge in [0.2, 0.25) is 11.8 Å². The van der Waals surface area contributed by atoms with Crippen molar-refractivity contribution in [2.24, 2.45) is 0 Å². The Labute approximate surface area is 125 Å². The largest absolute Gasteiger partial charge is 0.493 e. The van der Waals surface area contributed by atoms with Gasteiger partial charge in [0.25, 0.3) is 0 Å². The van der Waals surface area contributed by atoms with Crippen LogP contribution in [0.1, 0.15) is 30.4 Å². The van der Waals surface area contributed by atoms with Crippen molar-refractivity contribution in [3.63, 3.8) is 0 Å². The predicted octanol–water partition coefficient (Wildman–Crippen LogP) is 1.47. The molecule has 2 rings (SSSR count). The van der Waals surface area contributed by atoms with E-state index < -0.39 is 0 Å². The lowest BCUT2D eigenvalue weighted by molar-refractivity contribution is -0.125. The summed E-state index contributed by atoms with van der Waals surface area (Å²) in [5.41, 5.74) is 2.28. The quantitative estimate of drug-likeness (QED) is 0.863. The molecule has 114 valence electrons. The Morgan fingerprint density at radius 3 is 2.95 bits per heavy atom. The Kier molecular flexibility index (Phi) is 5.20. The highest BCUT2D eigenvalue weighted by molar-refractivity contribution is 5.79. The van der Waals surface area contributed by atoms with Gasteiger partial charge in [-0.15, -0.1) is 0 Å². The van der Waals surface area contributed by atoms with Crippen LogP contribution in [0.15, 0.2) is 18.2 Å². The maximum Gasteiger partial charge on any atom is 0.223 e. The van der Waals surface area contributed by atoms with Crippen LogP contribution in [-0.4, -0.2) is 31.0 Å². The molecule has 1 aliphatic heterocycles.